The van der Waals surface area contributed by atoms with Crippen molar-refractivity contribution in [3.05, 3.63) is 59.4 Å². The number of benzene rings is 2. The molecule has 6 nitrogen and oxygen atoms in total. The molecule has 0 spiro atoms. The number of aromatic amines is 1. The summed E-state index contributed by atoms with van der Waals surface area (Å²) in [5.74, 6) is 1.27. The van der Waals surface area contributed by atoms with Gasteiger partial charge in [0, 0.05) is 32.2 Å². The Morgan fingerprint density at radius 3 is 2.89 bits per heavy atom. The van der Waals surface area contributed by atoms with Crippen LogP contribution in [0.4, 0.5) is 0 Å². The smallest absolute Gasteiger partial charge is 0.290 e. The molecule has 6 heteroatoms. The number of nitrogens with one attached hydrogen (secondary N) is 1. The fraction of sp³-hybridized carbons (Fsp3) is 0.364. The minimum atomic E-state index is -0.0256. The topological polar surface area (TPSA) is 61.5 Å². The number of piperazine rings is 1. The molecule has 0 saturated carbocycles. The van der Waals surface area contributed by atoms with Crippen molar-refractivity contribution in [2.45, 2.75) is 26.4 Å². The number of nitrogens with zero attached hydrogens (tertiary/aromatic N) is 3. The van der Waals surface area contributed by atoms with Crippen molar-refractivity contribution < 1.29 is 9.53 Å². The molecule has 28 heavy (non-hydrogen) atoms. The van der Waals surface area contributed by atoms with E-state index in [1.165, 1.54) is 5.56 Å². The highest BCUT2D eigenvalue weighted by Crippen LogP contribution is 2.19. The minimum absolute atomic E-state index is 0.0256. The van der Waals surface area contributed by atoms with Crippen LogP contribution in [-0.4, -0.2) is 58.5 Å². The molecule has 0 aliphatic carbocycles. The van der Waals surface area contributed by atoms with Gasteiger partial charge in [-0.05, 0) is 49.2 Å². The number of aryl methyl sites for hydroxylation is 1. The summed E-state index contributed by atoms with van der Waals surface area (Å²) in [4.78, 5) is 25.0. The zero-order valence-electron chi connectivity index (χ0n) is 16.6. The third-order valence-corrected chi connectivity index (χ3v) is 5.35. The van der Waals surface area contributed by atoms with Crippen molar-refractivity contribution in [2.75, 3.05) is 26.7 Å². The average Bonchev–Trinajstić information content (AvgIpc) is 3.11. The van der Waals surface area contributed by atoms with E-state index in [9.17, 15) is 4.79 Å². The van der Waals surface area contributed by atoms with E-state index in [0.717, 1.165) is 42.0 Å². The number of imidazole rings is 1. The number of carbonyl (C=O) groups excluding carboxylic acids is 1. The molecule has 1 aliphatic rings. The molecule has 146 valence electrons. The van der Waals surface area contributed by atoms with E-state index < -0.39 is 0 Å². The molecular formula is C22H26N4O2. The highest BCUT2D eigenvalue weighted by atomic mass is 16.5. The molecular weight excluding hydrogens is 352 g/mol. The second-order valence-electron chi connectivity index (χ2n) is 7.54. The van der Waals surface area contributed by atoms with Crippen LogP contribution in [0.2, 0.25) is 0 Å². The van der Waals surface area contributed by atoms with E-state index in [4.69, 9.17) is 4.74 Å². The lowest BCUT2D eigenvalue weighted by Crippen LogP contribution is -2.53. The number of hydrogen-bond acceptors (Lipinski definition) is 4. The number of ether oxygens (including phenoxy) is 1. The van der Waals surface area contributed by atoms with E-state index in [1.807, 2.05) is 42.2 Å². The SMILES string of the molecule is COc1cccc(CN2CCN(C(=O)c3nc4ccc(C)cc4[nH]3)C(C)C2)c1. The van der Waals surface area contributed by atoms with E-state index in [-0.39, 0.29) is 11.9 Å². The first-order valence-electron chi connectivity index (χ1n) is 9.66. The lowest BCUT2D eigenvalue weighted by Gasteiger charge is -2.39. The summed E-state index contributed by atoms with van der Waals surface area (Å²) >= 11 is 0. The van der Waals surface area contributed by atoms with Crippen molar-refractivity contribution in [3.8, 4) is 5.75 Å². The second kappa shape index (κ2) is 7.64. The summed E-state index contributed by atoms with van der Waals surface area (Å²) in [5.41, 5.74) is 4.11. The normalized spacial score (nSPS) is 17.8. The van der Waals surface area contributed by atoms with Crippen molar-refractivity contribution in [3.63, 3.8) is 0 Å². The molecule has 0 radical (unpaired) electrons. The summed E-state index contributed by atoms with van der Waals surface area (Å²) in [6.07, 6.45) is 0. The van der Waals surface area contributed by atoms with Crippen LogP contribution in [0, 0.1) is 6.92 Å². The van der Waals surface area contributed by atoms with Crippen LogP contribution in [-0.2, 0) is 6.54 Å². The van der Waals surface area contributed by atoms with Gasteiger partial charge in [0.25, 0.3) is 5.91 Å². The Bertz CT molecular complexity index is 997. The summed E-state index contributed by atoms with van der Waals surface area (Å²) in [6, 6.07) is 14.3. The molecule has 1 atom stereocenters. The van der Waals surface area contributed by atoms with Gasteiger partial charge in [0.2, 0.25) is 0 Å². The Morgan fingerprint density at radius 1 is 1.25 bits per heavy atom. The highest BCUT2D eigenvalue weighted by Gasteiger charge is 2.29. The van der Waals surface area contributed by atoms with Crippen molar-refractivity contribution >= 4 is 16.9 Å². The molecule has 4 rings (SSSR count). The number of rotatable bonds is 4. The van der Waals surface area contributed by atoms with E-state index in [1.54, 1.807) is 7.11 Å². The van der Waals surface area contributed by atoms with Crippen LogP contribution in [0.25, 0.3) is 11.0 Å². The van der Waals surface area contributed by atoms with E-state index in [2.05, 4.69) is 33.9 Å². The Kier molecular flexibility index (Phi) is 5.05. The molecule has 1 fully saturated rings. The van der Waals surface area contributed by atoms with Crippen LogP contribution in [0.1, 0.15) is 28.7 Å². The van der Waals surface area contributed by atoms with Crippen LogP contribution in [0.5, 0.6) is 5.75 Å². The lowest BCUT2D eigenvalue weighted by atomic mass is 10.1. The van der Waals surface area contributed by atoms with Crippen molar-refractivity contribution in [1.29, 1.82) is 0 Å². The summed E-state index contributed by atoms with van der Waals surface area (Å²) < 4.78 is 5.31. The minimum Gasteiger partial charge on any atom is -0.497 e. The maximum atomic E-state index is 13.0. The zero-order chi connectivity index (χ0) is 19.7. The first-order valence-corrected chi connectivity index (χ1v) is 9.66. The molecule has 1 aromatic heterocycles. The van der Waals surface area contributed by atoms with Crippen molar-refractivity contribution in [1.82, 2.24) is 19.8 Å². The quantitative estimate of drug-likeness (QED) is 0.757. The number of H-pyrrole nitrogens is 1. The largest absolute Gasteiger partial charge is 0.497 e. The number of methoxy groups -OCH3 is 1. The Balaban J connectivity index is 1.43. The van der Waals surface area contributed by atoms with Crippen LogP contribution in [0.15, 0.2) is 42.5 Å². The maximum Gasteiger partial charge on any atom is 0.290 e. The Labute approximate surface area is 165 Å². The van der Waals surface area contributed by atoms with Gasteiger partial charge >= 0.3 is 0 Å². The standard InChI is InChI=1S/C22H26N4O2/c1-15-7-8-19-20(11-15)24-21(23-19)22(27)26-10-9-25(13-16(26)2)14-17-5-4-6-18(12-17)28-3/h4-8,11-12,16H,9-10,13-14H2,1-3H3,(H,23,24). The fourth-order valence-electron chi connectivity index (χ4n) is 3.87. The van der Waals surface area contributed by atoms with Gasteiger partial charge in [-0.25, -0.2) is 4.98 Å². The maximum absolute atomic E-state index is 13.0. The van der Waals surface area contributed by atoms with Gasteiger partial charge in [-0.3, -0.25) is 9.69 Å². The van der Waals surface area contributed by atoms with Crippen molar-refractivity contribution in [2.24, 2.45) is 0 Å². The molecule has 2 aromatic carbocycles. The van der Waals surface area contributed by atoms with E-state index >= 15 is 0 Å². The Morgan fingerprint density at radius 2 is 2.11 bits per heavy atom. The number of aromatic nitrogens is 2. The first kappa shape index (κ1) is 18.5. The molecule has 1 amide bonds. The van der Waals surface area contributed by atoms with Gasteiger partial charge in [0.1, 0.15) is 5.75 Å². The summed E-state index contributed by atoms with van der Waals surface area (Å²) in [5, 5.41) is 0. The molecule has 3 aromatic rings. The van der Waals surface area contributed by atoms with Gasteiger partial charge in [0.15, 0.2) is 5.82 Å². The average molecular weight is 378 g/mol. The highest BCUT2D eigenvalue weighted by molar-refractivity contribution is 5.94. The molecule has 2 heterocycles. The van der Waals surface area contributed by atoms with Gasteiger partial charge < -0.3 is 14.6 Å². The molecule has 0 bridgehead atoms. The number of fused-ring (bicyclic) bond motifs is 1. The zero-order valence-corrected chi connectivity index (χ0v) is 16.6. The number of amides is 1. The fourth-order valence-corrected chi connectivity index (χ4v) is 3.87. The first-order chi connectivity index (χ1) is 13.5. The summed E-state index contributed by atoms with van der Waals surface area (Å²) in [6.45, 7) is 7.36. The predicted molar refractivity (Wildman–Crippen MR) is 110 cm³/mol. The third-order valence-electron chi connectivity index (χ3n) is 5.35. The van der Waals surface area contributed by atoms with E-state index in [0.29, 0.717) is 12.4 Å². The number of hydrogen-bond donors (Lipinski definition) is 1. The molecule has 1 unspecified atom stereocenters. The molecule has 1 aliphatic heterocycles. The lowest BCUT2D eigenvalue weighted by molar-refractivity contribution is 0.0465. The van der Waals surface area contributed by atoms with Gasteiger partial charge in [-0.2, -0.15) is 0 Å². The van der Waals surface area contributed by atoms with Crippen LogP contribution in [0.3, 0.4) is 0 Å². The second-order valence-corrected chi connectivity index (χ2v) is 7.54. The van der Waals surface area contributed by atoms with Gasteiger partial charge in [-0.15, -0.1) is 0 Å². The van der Waals surface area contributed by atoms with Gasteiger partial charge in [-0.1, -0.05) is 18.2 Å². The number of carbonyl (C=O) groups is 1. The molecule has 1 saturated heterocycles. The van der Waals surface area contributed by atoms with Crippen LogP contribution >= 0.6 is 0 Å². The van der Waals surface area contributed by atoms with Crippen LogP contribution < -0.4 is 4.74 Å². The Hall–Kier alpha value is -2.86. The molecule has 1 N–H and O–H groups in total. The predicted octanol–water partition coefficient (Wildman–Crippen LogP) is 3.23. The monoisotopic (exact) mass is 378 g/mol. The third kappa shape index (κ3) is 3.73. The van der Waals surface area contributed by atoms with Gasteiger partial charge in [0.05, 0.1) is 18.1 Å². The summed E-state index contributed by atoms with van der Waals surface area (Å²) in [7, 11) is 1.69.